The molecule has 2 atom stereocenters. The third kappa shape index (κ3) is 4.24. The predicted molar refractivity (Wildman–Crippen MR) is 83.6 cm³/mol. The molecular weight excluding hydrogens is 232 g/mol. The Kier molecular flexibility index (Phi) is 5.71. The average Bonchev–Trinajstić information content (AvgIpc) is 2.47. The van der Waals surface area contributed by atoms with Crippen LogP contribution in [-0.2, 0) is 0 Å². The van der Waals surface area contributed by atoms with Crippen molar-refractivity contribution in [1.82, 2.24) is 4.90 Å². The fraction of sp³-hybridized carbons (Fsp3) is 0.647. The molecule has 0 bridgehead atoms. The molecule has 1 aliphatic heterocycles. The largest absolute Gasteiger partial charge is 0.383 e. The molecule has 0 spiro atoms. The molecule has 2 unspecified atom stereocenters. The fourth-order valence-electron chi connectivity index (χ4n) is 3.19. The zero-order chi connectivity index (χ0) is 13.5. The maximum absolute atomic E-state index is 3.56. The molecule has 1 aromatic rings. The molecule has 106 valence electrons. The maximum atomic E-state index is 3.56. The van der Waals surface area contributed by atoms with Crippen molar-refractivity contribution in [2.24, 2.45) is 0 Å². The van der Waals surface area contributed by atoms with Crippen LogP contribution in [0.5, 0.6) is 0 Å². The van der Waals surface area contributed by atoms with E-state index in [1.807, 2.05) is 0 Å². The Morgan fingerprint density at radius 3 is 2.79 bits per heavy atom. The summed E-state index contributed by atoms with van der Waals surface area (Å²) >= 11 is 0. The minimum atomic E-state index is 0.622. The standard InChI is InChI=1S/C17H28N2/c1-3-9-17-12-7-8-13-19(17)15(2)14-18-16-10-5-4-6-11-16/h4-6,10-11,15,17-18H,3,7-9,12-14H2,1-2H3. The molecule has 1 heterocycles. The molecular formula is C17H28N2. The summed E-state index contributed by atoms with van der Waals surface area (Å²) < 4.78 is 0. The van der Waals surface area contributed by atoms with Crippen molar-refractivity contribution >= 4 is 5.69 Å². The van der Waals surface area contributed by atoms with Crippen LogP contribution in [0.15, 0.2) is 30.3 Å². The van der Waals surface area contributed by atoms with Crippen LogP contribution in [0.2, 0.25) is 0 Å². The van der Waals surface area contributed by atoms with E-state index in [0.29, 0.717) is 6.04 Å². The van der Waals surface area contributed by atoms with Gasteiger partial charge in [0, 0.05) is 24.3 Å². The minimum absolute atomic E-state index is 0.622. The van der Waals surface area contributed by atoms with Crippen molar-refractivity contribution in [2.45, 2.75) is 58.0 Å². The number of anilines is 1. The van der Waals surface area contributed by atoms with Crippen LogP contribution in [0.3, 0.4) is 0 Å². The van der Waals surface area contributed by atoms with Gasteiger partial charge in [0.2, 0.25) is 0 Å². The molecule has 1 saturated heterocycles. The van der Waals surface area contributed by atoms with Crippen LogP contribution in [0.4, 0.5) is 5.69 Å². The lowest BCUT2D eigenvalue weighted by Crippen LogP contribution is -2.47. The van der Waals surface area contributed by atoms with Crippen LogP contribution < -0.4 is 5.32 Å². The van der Waals surface area contributed by atoms with E-state index in [0.717, 1.165) is 12.6 Å². The van der Waals surface area contributed by atoms with E-state index in [1.165, 1.54) is 44.3 Å². The lowest BCUT2D eigenvalue weighted by atomic mass is 9.96. The third-order valence-corrected chi connectivity index (χ3v) is 4.24. The smallest absolute Gasteiger partial charge is 0.0340 e. The van der Waals surface area contributed by atoms with E-state index >= 15 is 0 Å². The van der Waals surface area contributed by atoms with Crippen molar-refractivity contribution in [3.8, 4) is 0 Å². The van der Waals surface area contributed by atoms with E-state index in [-0.39, 0.29) is 0 Å². The Bertz CT molecular complexity index is 348. The van der Waals surface area contributed by atoms with Gasteiger partial charge >= 0.3 is 0 Å². The van der Waals surface area contributed by atoms with Crippen LogP contribution in [0.1, 0.15) is 46.0 Å². The highest BCUT2D eigenvalue weighted by molar-refractivity contribution is 5.42. The molecule has 0 radical (unpaired) electrons. The summed E-state index contributed by atoms with van der Waals surface area (Å²) in [5.41, 5.74) is 1.23. The van der Waals surface area contributed by atoms with Gasteiger partial charge in [-0.1, -0.05) is 38.0 Å². The molecule has 0 amide bonds. The van der Waals surface area contributed by atoms with E-state index < -0.39 is 0 Å². The normalized spacial score (nSPS) is 22.1. The number of rotatable bonds is 6. The van der Waals surface area contributed by atoms with Gasteiger partial charge in [0.1, 0.15) is 0 Å². The quantitative estimate of drug-likeness (QED) is 0.827. The molecule has 1 fully saturated rings. The van der Waals surface area contributed by atoms with E-state index in [2.05, 4.69) is 54.4 Å². The van der Waals surface area contributed by atoms with Gasteiger partial charge in [-0.2, -0.15) is 0 Å². The number of para-hydroxylation sites is 1. The van der Waals surface area contributed by atoms with Crippen molar-refractivity contribution in [3.05, 3.63) is 30.3 Å². The topological polar surface area (TPSA) is 15.3 Å². The van der Waals surface area contributed by atoms with Gasteiger partial charge in [-0.3, -0.25) is 4.90 Å². The number of piperidine rings is 1. The molecule has 1 N–H and O–H groups in total. The number of hydrogen-bond acceptors (Lipinski definition) is 2. The van der Waals surface area contributed by atoms with E-state index in [9.17, 15) is 0 Å². The average molecular weight is 260 g/mol. The molecule has 0 saturated carbocycles. The zero-order valence-electron chi connectivity index (χ0n) is 12.4. The molecule has 1 aliphatic rings. The highest BCUT2D eigenvalue weighted by Crippen LogP contribution is 2.23. The lowest BCUT2D eigenvalue weighted by molar-refractivity contribution is 0.102. The van der Waals surface area contributed by atoms with Gasteiger partial charge in [-0.15, -0.1) is 0 Å². The van der Waals surface area contributed by atoms with Gasteiger partial charge in [0.05, 0.1) is 0 Å². The van der Waals surface area contributed by atoms with Gasteiger partial charge in [0.25, 0.3) is 0 Å². The highest BCUT2D eigenvalue weighted by atomic mass is 15.2. The summed E-state index contributed by atoms with van der Waals surface area (Å²) in [5.74, 6) is 0. The number of likely N-dealkylation sites (tertiary alicyclic amines) is 1. The predicted octanol–water partition coefficient (Wildman–Crippen LogP) is 4.14. The number of benzene rings is 1. The zero-order valence-corrected chi connectivity index (χ0v) is 12.4. The van der Waals surface area contributed by atoms with Crippen molar-refractivity contribution in [2.75, 3.05) is 18.4 Å². The summed E-state index contributed by atoms with van der Waals surface area (Å²) in [6.07, 6.45) is 6.84. The molecule has 1 aromatic carbocycles. The highest BCUT2D eigenvalue weighted by Gasteiger charge is 2.25. The lowest BCUT2D eigenvalue weighted by Gasteiger charge is -2.40. The Labute approximate surface area is 118 Å². The summed E-state index contributed by atoms with van der Waals surface area (Å²) in [4.78, 5) is 2.73. The molecule has 0 aromatic heterocycles. The molecule has 0 aliphatic carbocycles. The molecule has 2 rings (SSSR count). The molecule has 2 nitrogen and oxygen atoms in total. The van der Waals surface area contributed by atoms with Gasteiger partial charge in [-0.05, 0) is 44.9 Å². The Hall–Kier alpha value is -1.02. The second-order valence-electron chi connectivity index (χ2n) is 5.77. The van der Waals surface area contributed by atoms with Crippen molar-refractivity contribution in [3.63, 3.8) is 0 Å². The summed E-state index contributed by atoms with van der Waals surface area (Å²) in [7, 11) is 0. The van der Waals surface area contributed by atoms with Crippen LogP contribution >= 0.6 is 0 Å². The van der Waals surface area contributed by atoms with Gasteiger partial charge in [0.15, 0.2) is 0 Å². The van der Waals surface area contributed by atoms with Crippen LogP contribution in [-0.4, -0.2) is 30.1 Å². The monoisotopic (exact) mass is 260 g/mol. The first kappa shape index (κ1) is 14.4. The summed E-state index contributed by atoms with van der Waals surface area (Å²) in [6, 6.07) is 12.0. The Morgan fingerprint density at radius 1 is 1.26 bits per heavy atom. The first-order valence-electron chi connectivity index (χ1n) is 7.86. The van der Waals surface area contributed by atoms with E-state index in [1.54, 1.807) is 0 Å². The number of hydrogen-bond donors (Lipinski definition) is 1. The van der Waals surface area contributed by atoms with Crippen LogP contribution in [0, 0.1) is 0 Å². The SMILES string of the molecule is CCCC1CCCCN1C(C)CNc1ccccc1. The van der Waals surface area contributed by atoms with Gasteiger partial charge in [-0.25, -0.2) is 0 Å². The number of nitrogens with one attached hydrogen (secondary N) is 1. The Balaban J connectivity index is 1.85. The second kappa shape index (κ2) is 7.54. The summed E-state index contributed by atoms with van der Waals surface area (Å²) in [5, 5.41) is 3.56. The van der Waals surface area contributed by atoms with Crippen LogP contribution in [0.25, 0.3) is 0 Å². The molecule has 2 heteroatoms. The van der Waals surface area contributed by atoms with Crippen molar-refractivity contribution < 1.29 is 0 Å². The second-order valence-corrected chi connectivity index (χ2v) is 5.77. The summed E-state index contributed by atoms with van der Waals surface area (Å²) in [6.45, 7) is 7.00. The van der Waals surface area contributed by atoms with E-state index in [4.69, 9.17) is 0 Å². The van der Waals surface area contributed by atoms with Crippen molar-refractivity contribution in [1.29, 1.82) is 0 Å². The Morgan fingerprint density at radius 2 is 2.05 bits per heavy atom. The molecule has 19 heavy (non-hydrogen) atoms. The number of nitrogens with zero attached hydrogens (tertiary/aromatic N) is 1. The fourth-order valence-corrected chi connectivity index (χ4v) is 3.19. The minimum Gasteiger partial charge on any atom is -0.383 e. The first-order chi connectivity index (χ1) is 9.31. The third-order valence-electron chi connectivity index (χ3n) is 4.24. The first-order valence-corrected chi connectivity index (χ1v) is 7.86. The maximum Gasteiger partial charge on any atom is 0.0340 e. The van der Waals surface area contributed by atoms with Gasteiger partial charge < -0.3 is 5.32 Å².